The first-order valence-corrected chi connectivity index (χ1v) is 4.33. The number of pyridine rings is 1. The second-order valence-electron chi connectivity index (χ2n) is 3.04. The number of rotatable bonds is 3. The molecule has 2 heterocycles. The number of hydrogen-bond donors (Lipinski definition) is 1. The predicted molar refractivity (Wildman–Crippen MR) is 53.3 cm³/mol. The average Bonchev–Trinajstić information content (AvgIpc) is 2.05. The van der Waals surface area contributed by atoms with E-state index in [0.29, 0.717) is 12.6 Å². The summed E-state index contributed by atoms with van der Waals surface area (Å²) in [6.45, 7) is 1.55. The number of nitrogens with one attached hydrogen (secondary N) is 1. The summed E-state index contributed by atoms with van der Waals surface area (Å²) < 4.78 is 18.1. The molecule has 1 N–H and O–H groups in total. The highest BCUT2D eigenvalue weighted by Crippen LogP contribution is 2.14. The summed E-state index contributed by atoms with van der Waals surface area (Å²) in [7, 11) is 0. The summed E-state index contributed by atoms with van der Waals surface area (Å²) in [5.41, 5.74) is 0. The van der Waals surface area contributed by atoms with Crippen LogP contribution in [0.15, 0.2) is 18.3 Å². The van der Waals surface area contributed by atoms with E-state index in [1.807, 2.05) is 0 Å². The maximum absolute atomic E-state index is 12.9. The lowest BCUT2D eigenvalue weighted by atomic mass is 10.1. The van der Waals surface area contributed by atoms with Crippen molar-refractivity contribution in [2.75, 3.05) is 13.2 Å². The molecule has 1 aliphatic rings. The molecule has 78 valence electrons. The van der Waals surface area contributed by atoms with Crippen molar-refractivity contribution < 1.29 is 9.13 Å². The van der Waals surface area contributed by atoms with Gasteiger partial charge in [0.15, 0.2) is 5.75 Å². The molecule has 3 nitrogen and oxygen atoms in total. The van der Waals surface area contributed by atoms with Crippen LogP contribution < -0.4 is 10.1 Å². The molecule has 0 amide bonds. The highest BCUT2D eigenvalue weighted by Gasteiger charge is 2.17. The number of nitrogens with zero attached hydrogens (tertiary/aromatic N) is 1. The van der Waals surface area contributed by atoms with E-state index < -0.39 is 5.95 Å². The molecule has 2 rings (SSSR count). The minimum atomic E-state index is -0.540. The van der Waals surface area contributed by atoms with Crippen molar-refractivity contribution in [2.45, 2.75) is 12.5 Å². The van der Waals surface area contributed by atoms with Crippen molar-refractivity contribution in [3.05, 3.63) is 24.3 Å². The van der Waals surface area contributed by atoms with Gasteiger partial charge < -0.3 is 10.1 Å². The van der Waals surface area contributed by atoms with Gasteiger partial charge in [-0.25, -0.2) is 4.98 Å². The van der Waals surface area contributed by atoms with Gasteiger partial charge in [-0.1, -0.05) is 0 Å². The van der Waals surface area contributed by atoms with Gasteiger partial charge >= 0.3 is 0 Å². The van der Waals surface area contributed by atoms with Crippen LogP contribution in [0.4, 0.5) is 4.39 Å². The third-order valence-corrected chi connectivity index (χ3v) is 2.09. The Balaban J connectivity index is 0.000000980. The third-order valence-electron chi connectivity index (χ3n) is 2.09. The molecule has 0 bridgehead atoms. The van der Waals surface area contributed by atoms with Gasteiger partial charge in [0.1, 0.15) is 6.61 Å². The van der Waals surface area contributed by atoms with Crippen LogP contribution in [0.3, 0.4) is 0 Å². The summed E-state index contributed by atoms with van der Waals surface area (Å²) in [4.78, 5) is 3.49. The number of ether oxygens (including phenoxy) is 1. The molecule has 0 radical (unpaired) electrons. The largest absolute Gasteiger partial charge is 0.487 e. The van der Waals surface area contributed by atoms with E-state index in [0.717, 1.165) is 13.0 Å². The minimum Gasteiger partial charge on any atom is -0.487 e. The lowest BCUT2D eigenvalue weighted by Crippen LogP contribution is -2.46. The molecule has 1 fully saturated rings. The summed E-state index contributed by atoms with van der Waals surface area (Å²) in [6, 6.07) is 3.62. The molecule has 1 atom stereocenters. The van der Waals surface area contributed by atoms with E-state index in [1.54, 1.807) is 12.1 Å². The van der Waals surface area contributed by atoms with E-state index in [-0.39, 0.29) is 18.2 Å². The second kappa shape index (κ2) is 5.12. The van der Waals surface area contributed by atoms with Crippen LogP contribution in [0.5, 0.6) is 5.75 Å². The fourth-order valence-corrected chi connectivity index (χ4v) is 1.16. The lowest BCUT2D eigenvalue weighted by Gasteiger charge is -2.27. The molecule has 0 aliphatic carbocycles. The monoisotopic (exact) mass is 218 g/mol. The first kappa shape index (κ1) is 11.2. The first-order chi connectivity index (χ1) is 6.36. The highest BCUT2D eigenvalue weighted by molar-refractivity contribution is 5.85. The van der Waals surface area contributed by atoms with Crippen LogP contribution in [-0.4, -0.2) is 24.2 Å². The molecule has 5 heteroatoms. The summed E-state index contributed by atoms with van der Waals surface area (Å²) in [5.74, 6) is -0.307. The zero-order valence-corrected chi connectivity index (χ0v) is 8.39. The van der Waals surface area contributed by atoms with Crippen molar-refractivity contribution in [1.82, 2.24) is 10.3 Å². The van der Waals surface area contributed by atoms with Gasteiger partial charge in [-0.2, -0.15) is 4.39 Å². The first-order valence-electron chi connectivity index (χ1n) is 4.33. The Morgan fingerprint density at radius 1 is 1.64 bits per heavy atom. The zero-order chi connectivity index (χ0) is 9.10. The molecule has 14 heavy (non-hydrogen) atoms. The molecule has 0 unspecified atom stereocenters. The number of aromatic nitrogens is 1. The van der Waals surface area contributed by atoms with Gasteiger partial charge in [-0.05, 0) is 25.1 Å². The van der Waals surface area contributed by atoms with Crippen LogP contribution in [0.1, 0.15) is 6.42 Å². The van der Waals surface area contributed by atoms with Gasteiger partial charge in [0.25, 0.3) is 5.95 Å². The van der Waals surface area contributed by atoms with Gasteiger partial charge in [-0.3, -0.25) is 0 Å². The van der Waals surface area contributed by atoms with Crippen LogP contribution in [0, 0.1) is 5.95 Å². The molecule has 1 saturated heterocycles. The van der Waals surface area contributed by atoms with Gasteiger partial charge in [0.2, 0.25) is 0 Å². The molecule has 0 saturated carbocycles. The van der Waals surface area contributed by atoms with Crippen molar-refractivity contribution in [3.63, 3.8) is 0 Å². The molecule has 0 aromatic carbocycles. The van der Waals surface area contributed by atoms with Crippen molar-refractivity contribution >= 4 is 12.4 Å². The Kier molecular flexibility index (Phi) is 4.10. The molecule has 1 aliphatic heterocycles. The number of halogens is 2. The normalized spacial score (nSPS) is 19.4. The zero-order valence-electron chi connectivity index (χ0n) is 7.57. The van der Waals surface area contributed by atoms with E-state index in [1.165, 1.54) is 6.20 Å². The maximum atomic E-state index is 12.9. The van der Waals surface area contributed by atoms with E-state index in [9.17, 15) is 4.39 Å². The Morgan fingerprint density at radius 3 is 3.00 bits per heavy atom. The predicted octanol–water partition coefficient (Wildman–Crippen LogP) is 1.38. The van der Waals surface area contributed by atoms with Gasteiger partial charge in [0, 0.05) is 12.2 Å². The maximum Gasteiger partial charge on any atom is 0.255 e. The second-order valence-corrected chi connectivity index (χ2v) is 3.04. The fraction of sp³-hybridized carbons (Fsp3) is 0.444. The average molecular weight is 219 g/mol. The van der Waals surface area contributed by atoms with E-state index in [2.05, 4.69) is 10.3 Å². The van der Waals surface area contributed by atoms with Crippen molar-refractivity contribution in [1.29, 1.82) is 0 Å². The SMILES string of the molecule is Cl.Fc1ncccc1OC[C@@H]1CCN1. The topological polar surface area (TPSA) is 34.1 Å². The molecule has 1 aromatic heterocycles. The van der Waals surface area contributed by atoms with Crippen LogP contribution in [0.25, 0.3) is 0 Å². The van der Waals surface area contributed by atoms with Crippen LogP contribution in [0.2, 0.25) is 0 Å². The number of hydrogen-bond acceptors (Lipinski definition) is 3. The summed E-state index contributed by atoms with van der Waals surface area (Å²) in [5, 5.41) is 3.17. The molecular weight excluding hydrogens is 207 g/mol. The van der Waals surface area contributed by atoms with Gasteiger partial charge in [0.05, 0.1) is 0 Å². The van der Waals surface area contributed by atoms with Crippen LogP contribution in [-0.2, 0) is 0 Å². The molecule has 1 aromatic rings. The van der Waals surface area contributed by atoms with Crippen molar-refractivity contribution in [3.8, 4) is 5.75 Å². The van der Waals surface area contributed by atoms with Gasteiger partial charge in [-0.15, -0.1) is 12.4 Å². The smallest absolute Gasteiger partial charge is 0.255 e. The van der Waals surface area contributed by atoms with E-state index in [4.69, 9.17) is 4.74 Å². The minimum absolute atomic E-state index is 0. The van der Waals surface area contributed by atoms with Crippen molar-refractivity contribution in [2.24, 2.45) is 0 Å². The Hall–Kier alpha value is -0.870. The Morgan fingerprint density at radius 2 is 2.43 bits per heavy atom. The Bertz CT molecular complexity index is 294. The summed E-state index contributed by atoms with van der Waals surface area (Å²) >= 11 is 0. The third kappa shape index (κ3) is 2.56. The molecular formula is C9H12ClFN2O. The Labute approximate surface area is 88.1 Å². The fourth-order valence-electron chi connectivity index (χ4n) is 1.16. The standard InChI is InChI=1S/C9H11FN2O.ClH/c10-9-8(2-1-4-12-9)13-6-7-3-5-11-7;/h1-2,4,7,11H,3,5-6H2;1H/t7-;/m0./s1. The lowest BCUT2D eigenvalue weighted by molar-refractivity contribution is 0.209. The quantitative estimate of drug-likeness (QED) is 0.779. The molecule has 0 spiro atoms. The summed E-state index contributed by atoms with van der Waals surface area (Å²) in [6.07, 6.45) is 2.51. The van der Waals surface area contributed by atoms with Crippen LogP contribution >= 0.6 is 12.4 Å². The highest BCUT2D eigenvalue weighted by atomic mass is 35.5. The van der Waals surface area contributed by atoms with E-state index >= 15 is 0 Å².